The van der Waals surface area contributed by atoms with Crippen LogP contribution >= 0.6 is 0 Å². The van der Waals surface area contributed by atoms with Crippen LogP contribution in [0.15, 0.2) is 23.3 Å². The van der Waals surface area contributed by atoms with Gasteiger partial charge in [-0.05, 0) is 50.9 Å². The third-order valence-electron chi connectivity index (χ3n) is 9.38. The molecule has 1 spiro atoms. The molecular formula is C27H38O9. The molecule has 2 aliphatic carbocycles. The predicted octanol–water partition coefficient (Wildman–Crippen LogP) is 2.23. The van der Waals surface area contributed by atoms with Crippen molar-refractivity contribution in [2.24, 2.45) is 22.7 Å². The summed E-state index contributed by atoms with van der Waals surface area (Å²) in [5, 5.41) is 22.9. The first-order valence-electron chi connectivity index (χ1n) is 12.7. The highest BCUT2D eigenvalue weighted by Gasteiger charge is 2.76. The van der Waals surface area contributed by atoms with Gasteiger partial charge in [0, 0.05) is 30.1 Å². The van der Waals surface area contributed by atoms with E-state index in [9.17, 15) is 24.6 Å². The molecular weight excluding hydrogens is 468 g/mol. The minimum Gasteiger partial charge on any atom is -0.465 e. The fraction of sp³-hybridized carbons (Fsp3) is 0.741. The molecule has 0 aromatic heterocycles. The summed E-state index contributed by atoms with van der Waals surface area (Å²) in [5.74, 6) is -1.97. The first kappa shape index (κ1) is 26.8. The molecule has 2 aliphatic heterocycles. The lowest BCUT2D eigenvalue weighted by molar-refractivity contribution is -0.253. The molecule has 9 nitrogen and oxygen atoms in total. The van der Waals surface area contributed by atoms with E-state index < -0.39 is 58.6 Å². The van der Waals surface area contributed by atoms with Gasteiger partial charge in [0.1, 0.15) is 24.9 Å². The highest BCUT2D eigenvalue weighted by atomic mass is 16.6. The van der Waals surface area contributed by atoms with E-state index in [1.54, 1.807) is 19.9 Å². The fourth-order valence-corrected chi connectivity index (χ4v) is 7.01. The zero-order valence-corrected chi connectivity index (χ0v) is 21.7. The van der Waals surface area contributed by atoms with Crippen LogP contribution in [0.2, 0.25) is 0 Å². The summed E-state index contributed by atoms with van der Waals surface area (Å²) in [6.45, 7) is 9.19. The van der Waals surface area contributed by atoms with Crippen molar-refractivity contribution >= 4 is 17.9 Å². The van der Waals surface area contributed by atoms with Gasteiger partial charge in [-0.2, -0.15) is 0 Å². The molecule has 4 rings (SSSR count). The number of hydrogen-bond donors (Lipinski definition) is 2. The molecule has 2 heterocycles. The van der Waals surface area contributed by atoms with Crippen molar-refractivity contribution < 1.29 is 43.5 Å². The normalized spacial score (nSPS) is 40.7. The number of hydrogen-bond acceptors (Lipinski definition) is 9. The summed E-state index contributed by atoms with van der Waals surface area (Å²) >= 11 is 0. The number of carbonyl (C=O) groups excluding carboxylic acids is 3. The Morgan fingerprint density at radius 2 is 2.03 bits per heavy atom. The Kier molecular flexibility index (Phi) is 7.13. The molecule has 0 radical (unpaired) electrons. The minimum atomic E-state index is -1.02. The van der Waals surface area contributed by atoms with Gasteiger partial charge in [0.15, 0.2) is 0 Å². The second-order valence-electron chi connectivity index (χ2n) is 11.2. The standard InChI is InChI=1S/C27H38O9/c1-6-15(2)24(32)36-20-7-8-26(13-35-26)27(14-34-17(4)28)21(30)9-16(3)25(5,23(20)27)11-19(29)18-10-22(31)33-12-18/h6,10,16,19-21,23,29-30H,7-9,11-14H2,1-5H3/b15-6+/t16-,19+,20-,21+,23-,25+,26+,27-/m1/s1. The molecule has 2 saturated carbocycles. The summed E-state index contributed by atoms with van der Waals surface area (Å²) < 4.78 is 22.7. The molecule has 0 amide bonds. The number of esters is 3. The first-order valence-corrected chi connectivity index (χ1v) is 12.7. The fourth-order valence-electron chi connectivity index (χ4n) is 7.01. The Bertz CT molecular complexity index is 980. The number of epoxide rings is 1. The average Bonchev–Trinajstić information content (AvgIpc) is 3.47. The van der Waals surface area contributed by atoms with E-state index in [1.807, 2.05) is 13.8 Å². The smallest absolute Gasteiger partial charge is 0.333 e. The van der Waals surface area contributed by atoms with Crippen molar-refractivity contribution in [2.45, 2.75) is 84.2 Å². The SMILES string of the molecule is C/C=C(\C)C(=O)O[C@@H]1CC[C@]2(CO2)[C@@]2(COC(C)=O)[C@H]1[C@@](C)(C[C@H](O)C1=CC(=O)OC1)[C@H](C)C[C@@H]2O. The molecule has 3 fully saturated rings. The molecule has 0 bridgehead atoms. The number of ether oxygens (including phenoxy) is 4. The third-order valence-corrected chi connectivity index (χ3v) is 9.38. The maximum absolute atomic E-state index is 12.9. The van der Waals surface area contributed by atoms with Gasteiger partial charge in [0.2, 0.25) is 0 Å². The molecule has 0 aromatic rings. The van der Waals surface area contributed by atoms with E-state index in [0.717, 1.165) is 0 Å². The van der Waals surface area contributed by atoms with Gasteiger partial charge in [-0.15, -0.1) is 0 Å². The van der Waals surface area contributed by atoms with Gasteiger partial charge >= 0.3 is 17.9 Å². The van der Waals surface area contributed by atoms with Crippen LogP contribution in [0.4, 0.5) is 0 Å². The van der Waals surface area contributed by atoms with E-state index in [4.69, 9.17) is 18.9 Å². The molecule has 0 unspecified atom stereocenters. The highest BCUT2D eigenvalue weighted by molar-refractivity contribution is 5.87. The molecule has 1 saturated heterocycles. The Balaban J connectivity index is 1.80. The largest absolute Gasteiger partial charge is 0.465 e. The van der Waals surface area contributed by atoms with Crippen LogP contribution in [-0.2, 0) is 33.3 Å². The Labute approximate surface area is 211 Å². The number of cyclic esters (lactones) is 1. The van der Waals surface area contributed by atoms with E-state index in [1.165, 1.54) is 13.0 Å². The molecule has 4 aliphatic rings. The summed E-state index contributed by atoms with van der Waals surface area (Å²) in [6, 6.07) is 0. The van der Waals surface area contributed by atoms with Gasteiger partial charge in [-0.3, -0.25) is 4.79 Å². The van der Waals surface area contributed by atoms with Gasteiger partial charge < -0.3 is 29.2 Å². The van der Waals surface area contributed by atoms with Crippen LogP contribution < -0.4 is 0 Å². The van der Waals surface area contributed by atoms with Crippen molar-refractivity contribution in [2.75, 3.05) is 19.8 Å². The average molecular weight is 507 g/mol. The molecule has 8 atom stereocenters. The summed E-state index contributed by atoms with van der Waals surface area (Å²) in [5.41, 5.74) is -1.43. The molecule has 0 aromatic carbocycles. The minimum absolute atomic E-state index is 0.0301. The second-order valence-corrected chi connectivity index (χ2v) is 11.2. The zero-order valence-electron chi connectivity index (χ0n) is 21.7. The van der Waals surface area contributed by atoms with Gasteiger partial charge in [-0.25, -0.2) is 9.59 Å². The topological polar surface area (TPSA) is 132 Å². The van der Waals surface area contributed by atoms with Gasteiger partial charge in [-0.1, -0.05) is 19.9 Å². The van der Waals surface area contributed by atoms with Crippen LogP contribution in [0, 0.1) is 22.7 Å². The number of allylic oxidation sites excluding steroid dienone is 1. The van der Waals surface area contributed by atoms with Crippen molar-refractivity contribution in [1.82, 2.24) is 0 Å². The summed E-state index contributed by atoms with van der Waals surface area (Å²) in [6.07, 6.45) is 2.30. The number of aliphatic hydroxyl groups is 2. The summed E-state index contributed by atoms with van der Waals surface area (Å²) in [7, 11) is 0. The van der Waals surface area contributed by atoms with Crippen LogP contribution in [-0.4, -0.2) is 71.9 Å². The van der Waals surface area contributed by atoms with E-state index in [-0.39, 0.29) is 25.6 Å². The van der Waals surface area contributed by atoms with E-state index in [2.05, 4.69) is 0 Å². The first-order chi connectivity index (χ1) is 16.9. The maximum atomic E-state index is 12.9. The number of carbonyl (C=O) groups is 3. The lowest BCUT2D eigenvalue weighted by Gasteiger charge is -2.64. The molecule has 9 heteroatoms. The molecule has 2 N–H and O–H groups in total. The second kappa shape index (κ2) is 9.58. The van der Waals surface area contributed by atoms with Gasteiger partial charge in [0.05, 0.1) is 24.2 Å². The van der Waals surface area contributed by atoms with Crippen LogP contribution in [0.5, 0.6) is 0 Å². The van der Waals surface area contributed by atoms with Crippen molar-refractivity contribution in [3.05, 3.63) is 23.3 Å². The van der Waals surface area contributed by atoms with Crippen molar-refractivity contribution in [3.8, 4) is 0 Å². The van der Waals surface area contributed by atoms with Crippen LogP contribution in [0.3, 0.4) is 0 Å². The van der Waals surface area contributed by atoms with E-state index >= 15 is 0 Å². The Morgan fingerprint density at radius 1 is 1.33 bits per heavy atom. The lowest BCUT2D eigenvalue weighted by atomic mass is 9.42. The molecule has 36 heavy (non-hydrogen) atoms. The third kappa shape index (κ3) is 4.29. The molecule has 200 valence electrons. The number of fused-ring (bicyclic) bond motifs is 2. The number of rotatable bonds is 7. The van der Waals surface area contributed by atoms with Crippen molar-refractivity contribution in [3.63, 3.8) is 0 Å². The van der Waals surface area contributed by atoms with Gasteiger partial charge in [0.25, 0.3) is 0 Å². The van der Waals surface area contributed by atoms with Crippen LogP contribution in [0.25, 0.3) is 0 Å². The quantitative estimate of drug-likeness (QED) is 0.231. The van der Waals surface area contributed by atoms with Crippen molar-refractivity contribution in [1.29, 1.82) is 0 Å². The highest BCUT2D eigenvalue weighted by Crippen LogP contribution is 2.69. The Morgan fingerprint density at radius 3 is 2.58 bits per heavy atom. The summed E-state index contributed by atoms with van der Waals surface area (Å²) in [4.78, 5) is 36.5. The lowest BCUT2D eigenvalue weighted by Crippen LogP contribution is -2.70. The number of aliphatic hydroxyl groups excluding tert-OH is 2. The Hall–Kier alpha value is -2.23. The predicted molar refractivity (Wildman–Crippen MR) is 127 cm³/mol. The monoisotopic (exact) mass is 506 g/mol. The maximum Gasteiger partial charge on any atom is 0.333 e. The zero-order chi connectivity index (χ0) is 26.5. The van der Waals surface area contributed by atoms with Crippen LogP contribution in [0.1, 0.15) is 60.3 Å². The van der Waals surface area contributed by atoms with E-state index in [0.29, 0.717) is 37.0 Å².